The van der Waals surface area contributed by atoms with Gasteiger partial charge in [-0.2, -0.15) is 18.2 Å². The van der Waals surface area contributed by atoms with Crippen molar-refractivity contribution in [1.82, 2.24) is 53.2 Å². The third-order valence-electron chi connectivity index (χ3n) is 12.5. The van der Waals surface area contributed by atoms with Crippen LogP contribution in [0.15, 0.2) is 45.6 Å². The number of aromatic nitrogens is 10. The van der Waals surface area contributed by atoms with Gasteiger partial charge in [-0.3, -0.25) is 42.5 Å². The van der Waals surface area contributed by atoms with E-state index in [-0.39, 0.29) is 34.1 Å². The van der Waals surface area contributed by atoms with Gasteiger partial charge < -0.3 is 65.3 Å². The first-order valence-electron chi connectivity index (χ1n) is 22.4. The number of ether oxygens (including phenoxy) is 4. The van der Waals surface area contributed by atoms with Gasteiger partial charge in [0.2, 0.25) is 34.4 Å². The second-order valence-corrected chi connectivity index (χ2v) is 24.3. The molecular formula is C36H52N14O23P3S+. The summed E-state index contributed by atoms with van der Waals surface area (Å²) in [6.07, 6.45) is -11.4. The van der Waals surface area contributed by atoms with Crippen LogP contribution in [0, 0.1) is 11.8 Å². The molecule has 3 aliphatic rings. The fourth-order valence-corrected chi connectivity index (χ4v) is 13.9. The number of phosphoric acid groups is 3. The molecule has 37 nitrogen and oxygen atoms in total. The fraction of sp³-hybridized carbons (Fsp3) is 0.583. The van der Waals surface area contributed by atoms with E-state index in [4.69, 9.17) is 39.5 Å². The maximum absolute atomic E-state index is 13.8. The molecule has 3 unspecified atom stereocenters. The average Bonchev–Trinajstić information content (AvgIpc) is 4.13. The van der Waals surface area contributed by atoms with E-state index in [0.717, 1.165) is 30.3 Å². The zero-order valence-electron chi connectivity index (χ0n) is 40.4. The fourth-order valence-electron chi connectivity index (χ4n) is 8.93. The van der Waals surface area contributed by atoms with Gasteiger partial charge in [0.25, 0.3) is 16.7 Å². The Morgan fingerprint density at radius 2 is 1.47 bits per heavy atom. The number of nitrogen functional groups attached to an aromatic ring is 2. The first kappa shape index (κ1) is 57.9. The van der Waals surface area contributed by atoms with Gasteiger partial charge in [0.15, 0.2) is 23.9 Å². The first-order chi connectivity index (χ1) is 36.0. The number of nitrogens with one attached hydrogen (secondary N) is 3. The van der Waals surface area contributed by atoms with E-state index in [2.05, 4.69) is 38.3 Å². The lowest BCUT2D eigenvalue weighted by atomic mass is 9.94. The number of aliphatic hydroxyl groups excluding tert-OH is 3. The third kappa shape index (κ3) is 12.4. The van der Waals surface area contributed by atoms with E-state index in [1.165, 1.54) is 52.4 Å². The van der Waals surface area contributed by atoms with Gasteiger partial charge in [0.05, 0.1) is 44.5 Å². The van der Waals surface area contributed by atoms with Crippen LogP contribution < -0.4 is 37.6 Å². The Morgan fingerprint density at radius 1 is 0.844 bits per heavy atom. The molecule has 8 heterocycles. The summed E-state index contributed by atoms with van der Waals surface area (Å²) in [5.74, 6) is -4.55. The lowest BCUT2D eigenvalue weighted by Crippen LogP contribution is -2.44. The number of nitrogens with zero attached hydrogens (tertiary/aromatic N) is 9. The Labute approximate surface area is 431 Å². The molecule has 13 N–H and O–H groups in total. The molecule has 3 aliphatic heterocycles. The quantitative estimate of drug-likeness (QED) is 0.0242. The molecule has 0 bridgehead atoms. The summed E-state index contributed by atoms with van der Waals surface area (Å²) in [7, 11) is -17.2. The van der Waals surface area contributed by atoms with Gasteiger partial charge in [-0.05, 0) is 0 Å². The van der Waals surface area contributed by atoms with Crippen molar-refractivity contribution in [2.24, 2.45) is 18.9 Å². The average molecular weight is 1170 g/mol. The monoisotopic (exact) mass is 1170 g/mol. The van der Waals surface area contributed by atoms with Crippen LogP contribution in [-0.4, -0.2) is 182 Å². The number of aryl methyl sites for hydroxylation is 1. The molecule has 0 aliphatic carbocycles. The van der Waals surface area contributed by atoms with Crippen LogP contribution in [-0.2, 0) is 72.2 Å². The summed E-state index contributed by atoms with van der Waals surface area (Å²) in [4.78, 5) is 103. The summed E-state index contributed by atoms with van der Waals surface area (Å²) < 4.78 is 116. The molecule has 0 radical (unpaired) electrons. The molecule has 15 atom stereocenters. The summed E-state index contributed by atoms with van der Waals surface area (Å²) in [5.41, 5.74) is 9.33. The number of carbonyl (C=O) groups is 1. The van der Waals surface area contributed by atoms with Crippen molar-refractivity contribution in [1.29, 1.82) is 0 Å². The van der Waals surface area contributed by atoms with Gasteiger partial charge >= 0.3 is 34.7 Å². The topological polar surface area (TPSA) is 518 Å². The van der Waals surface area contributed by atoms with Crippen LogP contribution in [0.1, 0.15) is 25.1 Å². The number of phosphoric ester groups is 2. The molecule has 77 heavy (non-hydrogen) atoms. The van der Waals surface area contributed by atoms with Crippen LogP contribution in [0.5, 0.6) is 0 Å². The normalized spacial score (nSPS) is 29.2. The molecule has 0 aromatic carbocycles. The number of carbonyl (C=O) groups excluding carboxylic acids is 1. The smallest absolute Gasteiger partial charge is 0.387 e. The molecule has 5 aromatic heterocycles. The van der Waals surface area contributed by atoms with E-state index in [1.54, 1.807) is 0 Å². The summed E-state index contributed by atoms with van der Waals surface area (Å²) in [6.45, 7) is -2.93. The van der Waals surface area contributed by atoms with E-state index in [1.807, 2.05) is 4.98 Å². The highest BCUT2D eigenvalue weighted by Crippen LogP contribution is 2.68. The van der Waals surface area contributed by atoms with Gasteiger partial charge in [0, 0.05) is 58.3 Å². The summed E-state index contributed by atoms with van der Waals surface area (Å²) in [5, 5.41) is 32.8. The molecular weight excluding hydrogens is 1120 g/mol. The molecule has 1 amide bonds. The molecule has 0 spiro atoms. The number of rotatable bonds is 21. The number of nitrogens with two attached hydrogens (primary N) is 2. The summed E-state index contributed by atoms with van der Waals surface area (Å²) >= 11 is 0. The second-order valence-electron chi connectivity index (χ2n) is 17.8. The Balaban J connectivity index is 0.952. The molecule has 424 valence electrons. The Hall–Kier alpha value is -5.31. The highest BCUT2D eigenvalue weighted by Gasteiger charge is 2.53. The number of aliphatic hydroxyl groups is 3. The predicted molar refractivity (Wildman–Crippen MR) is 253 cm³/mol. The Morgan fingerprint density at radius 3 is 2.10 bits per heavy atom. The van der Waals surface area contributed by atoms with Gasteiger partial charge in [0.1, 0.15) is 42.4 Å². The number of fused-ring (bicyclic) bond motifs is 2. The van der Waals surface area contributed by atoms with Gasteiger partial charge in [-0.15, -0.1) is 0 Å². The van der Waals surface area contributed by atoms with Crippen LogP contribution in [0.2, 0.25) is 0 Å². The van der Waals surface area contributed by atoms with E-state index < -0.39 is 161 Å². The number of amides is 1. The third-order valence-corrected chi connectivity index (χ3v) is 18.2. The number of sulfonamides is 1. The first-order valence-corrected chi connectivity index (χ1v) is 28.5. The maximum Gasteiger partial charge on any atom is 0.490 e. The molecule has 41 heteroatoms. The van der Waals surface area contributed by atoms with Crippen molar-refractivity contribution in [3.63, 3.8) is 0 Å². The maximum atomic E-state index is 13.8. The van der Waals surface area contributed by atoms with E-state index in [0.29, 0.717) is 0 Å². The van der Waals surface area contributed by atoms with Crippen LogP contribution in [0.4, 0.5) is 11.8 Å². The van der Waals surface area contributed by atoms with Crippen molar-refractivity contribution in [3.8, 4) is 0 Å². The van der Waals surface area contributed by atoms with E-state index >= 15 is 0 Å². The number of imidazole rings is 2. The minimum Gasteiger partial charge on any atom is -0.387 e. The number of methoxy groups -OCH3 is 1. The number of aromatic amines is 2. The standard InChI is InChI=1S/C36H51N14O23P3S/c1-46(2)21(52)7-15-18(70-32(24(15)53)50-14-47(3)23-30(50)44-35(38)45-31(23)56)9-67-74(58,59)72-76(62,63)73-75(60,61)68-10-19-16(27(66-4)34(71-19)49-13-41-22-28(37)39-12-40-29(22)49)11-77(64,65)42-8-17-25(54)26(55)33(69-17)48-6-5-20(51)43-36(48)57/h5-6,12-19,24-27,32-34,42,53-55H,7-11H2,1-4H3,(H8-,37,38,39,40,43,44,45,51,56,57,58,59,60,61,62,63)/p+1/t15-,16-,17-,18-,19-,24-,25-,26-,27-,32-,33-,34-/m1/s1. The van der Waals surface area contributed by atoms with Crippen molar-refractivity contribution >= 4 is 73.5 Å². The number of hydrogen-bond donors (Lipinski definition) is 11. The number of anilines is 2. The summed E-state index contributed by atoms with van der Waals surface area (Å²) in [6, 6.07) is 0.945. The Bertz CT molecular complexity index is 3490. The number of H-pyrrole nitrogens is 2. The van der Waals surface area contributed by atoms with Crippen molar-refractivity contribution in [3.05, 3.63) is 62.4 Å². The van der Waals surface area contributed by atoms with Crippen molar-refractivity contribution in [2.75, 3.05) is 58.2 Å². The van der Waals surface area contributed by atoms with Crippen LogP contribution in [0.25, 0.3) is 22.3 Å². The van der Waals surface area contributed by atoms with Crippen molar-refractivity contribution in [2.45, 2.75) is 67.8 Å². The predicted octanol–water partition coefficient (Wildman–Crippen LogP) is -5.11. The SMILES string of the molecule is CO[C@@H]1[C@H](CS(=O)(=O)NC[C@H]2O[C@@H](n3ccc(=O)[nH]c3=O)[C@H](O)[C@@H]2O)[C@@H](COP(=O)(O)OP(=O)(O)OP(=O)(O)OC[C@H]2O[C@@H](n3c[n+](C)c4c(=O)[nH]c(N)nc43)[C@H](O)[C@@H]2CC(=O)N(C)C)O[C@H]1n1cnc2c(N)ncnc21. The highest BCUT2D eigenvalue weighted by atomic mass is 32.2. The lowest BCUT2D eigenvalue weighted by molar-refractivity contribution is -0.646. The minimum absolute atomic E-state index is 0.00456. The lowest BCUT2D eigenvalue weighted by Gasteiger charge is -2.24. The zero-order chi connectivity index (χ0) is 56.3. The molecule has 8 rings (SSSR count). The van der Waals surface area contributed by atoms with Gasteiger partial charge in [-0.1, -0.05) is 0 Å². The zero-order valence-corrected chi connectivity index (χ0v) is 43.9. The van der Waals surface area contributed by atoms with E-state index in [9.17, 15) is 71.3 Å². The molecule has 0 saturated carbocycles. The molecule has 3 saturated heterocycles. The number of hydrogen-bond acceptors (Lipinski definition) is 26. The Kier molecular flexibility index (Phi) is 16.6. The highest BCUT2D eigenvalue weighted by molar-refractivity contribution is 7.89. The molecule has 5 aromatic rings. The van der Waals surface area contributed by atoms with Crippen molar-refractivity contribution < 1.29 is 98.1 Å². The largest absolute Gasteiger partial charge is 0.490 e. The molecule has 3 fully saturated rings. The van der Waals surface area contributed by atoms with Crippen LogP contribution >= 0.6 is 23.5 Å². The van der Waals surface area contributed by atoms with Crippen LogP contribution in [0.3, 0.4) is 0 Å². The minimum atomic E-state index is -6.21. The van der Waals surface area contributed by atoms with Gasteiger partial charge in [-0.25, -0.2) is 51.1 Å². The second kappa shape index (κ2) is 22.1.